The number of phosphoric ester groups is 1. The van der Waals surface area contributed by atoms with Gasteiger partial charge in [-0.05, 0) is 6.42 Å². The number of hydrogen-bond acceptors (Lipinski definition) is 7. The van der Waals surface area contributed by atoms with E-state index in [0.717, 1.165) is 19.3 Å². The van der Waals surface area contributed by atoms with Crippen LogP contribution in [0.25, 0.3) is 0 Å². The van der Waals surface area contributed by atoms with E-state index < -0.39 is 32.9 Å². The number of rotatable bonds is 24. The summed E-state index contributed by atoms with van der Waals surface area (Å²) < 4.78 is 32.9. The molecule has 0 saturated carbocycles. The number of hydrogen-bond donors (Lipinski definition) is 1. The summed E-state index contributed by atoms with van der Waals surface area (Å²) in [5, 5.41) is 12.0. The molecule has 1 N–H and O–H groups in total. The number of morpholine rings is 1. The summed E-state index contributed by atoms with van der Waals surface area (Å²) in [6.45, 7) is 2.83. The van der Waals surface area contributed by atoms with Gasteiger partial charge in [-0.3, -0.25) is 9.05 Å². The van der Waals surface area contributed by atoms with Crippen LogP contribution in [0.5, 0.6) is 0 Å². The van der Waals surface area contributed by atoms with Gasteiger partial charge in [0, 0.05) is 12.8 Å². The highest BCUT2D eigenvalue weighted by Crippen LogP contribution is 2.43. The van der Waals surface area contributed by atoms with Gasteiger partial charge in [0.05, 0.1) is 60.2 Å². The van der Waals surface area contributed by atoms with Crippen LogP contribution >= 0.6 is 7.82 Å². The Morgan fingerprint density at radius 2 is 1.43 bits per heavy atom. The molecule has 0 spiro atoms. The van der Waals surface area contributed by atoms with Gasteiger partial charge in [0.25, 0.3) is 0 Å². The van der Waals surface area contributed by atoms with Crippen molar-refractivity contribution in [2.45, 2.75) is 122 Å². The van der Waals surface area contributed by atoms with E-state index in [1.165, 1.54) is 88.4 Å². The number of nitrogens with zero attached hydrogens (tertiary/aromatic N) is 2. The van der Waals surface area contributed by atoms with Gasteiger partial charge >= 0.3 is 13.9 Å². The lowest BCUT2D eigenvalue weighted by Gasteiger charge is -2.38. The van der Waals surface area contributed by atoms with E-state index in [1.807, 2.05) is 0 Å². The molecule has 3 atom stereocenters. The van der Waals surface area contributed by atoms with Gasteiger partial charge in [0.2, 0.25) is 0 Å². The van der Waals surface area contributed by atoms with E-state index in [1.54, 1.807) is 21.1 Å². The molecule has 238 valence electrons. The van der Waals surface area contributed by atoms with Crippen molar-refractivity contribution >= 4 is 13.9 Å². The molecule has 1 saturated heterocycles. The van der Waals surface area contributed by atoms with Crippen LogP contribution in [0.4, 0.5) is 4.79 Å². The third-order valence-corrected chi connectivity index (χ3v) is 8.24. The minimum absolute atomic E-state index is 0.0439. The van der Waals surface area contributed by atoms with Gasteiger partial charge in [0.1, 0.15) is 0 Å². The molecule has 0 bridgehead atoms. The second kappa shape index (κ2) is 21.9. The highest BCUT2D eigenvalue weighted by molar-refractivity contribution is 7.47. The summed E-state index contributed by atoms with van der Waals surface area (Å²) in [4.78, 5) is 23.8. The fraction of sp³-hybridized carbons (Fsp3) is 0.966. The Kier molecular flexibility index (Phi) is 20.4. The number of phosphoric acid groups is 1. The van der Waals surface area contributed by atoms with Crippen molar-refractivity contribution in [2.75, 3.05) is 60.7 Å². The molecule has 1 aliphatic rings. The molecule has 1 amide bonds. The quantitative estimate of drug-likeness (QED) is 0.0663. The fourth-order valence-corrected chi connectivity index (χ4v) is 5.23. The Morgan fingerprint density at radius 3 is 1.93 bits per heavy atom. The molecule has 1 aliphatic heterocycles. The van der Waals surface area contributed by atoms with Crippen LogP contribution in [0.1, 0.15) is 110 Å². The van der Waals surface area contributed by atoms with E-state index in [0.29, 0.717) is 13.2 Å². The average molecular weight is 595 g/mol. The smallest absolute Gasteiger partial charge is 0.472 e. The summed E-state index contributed by atoms with van der Waals surface area (Å²) in [7, 11) is 0.625. The Bertz CT molecular complexity index is 691. The van der Waals surface area contributed by atoms with E-state index in [2.05, 4.69) is 6.92 Å². The van der Waals surface area contributed by atoms with E-state index in [4.69, 9.17) is 18.5 Å². The maximum Gasteiger partial charge on any atom is 0.472 e. The Balaban J connectivity index is 2.02. The van der Waals surface area contributed by atoms with Crippen molar-refractivity contribution in [3.05, 3.63) is 0 Å². The molecule has 0 aromatic rings. The van der Waals surface area contributed by atoms with Gasteiger partial charge in [-0.25, -0.2) is 9.36 Å². The minimum Gasteiger partial charge on any atom is -0.804 e. The predicted molar refractivity (Wildman–Crippen MR) is 156 cm³/mol. The average Bonchev–Trinajstić information content (AvgIpc) is 2.92. The van der Waals surface area contributed by atoms with E-state index in [-0.39, 0.29) is 24.2 Å². The normalized spacial score (nSPS) is 18.4. The van der Waals surface area contributed by atoms with Gasteiger partial charge in [-0.1, -0.05) is 103 Å². The number of carbonyl (C=O) groups is 1. The third-order valence-electron chi connectivity index (χ3n) is 7.29. The number of unbranched alkanes of at least 4 members (excludes halogenated alkanes) is 15. The lowest BCUT2D eigenvalue weighted by atomic mass is 10.0. The number of quaternary nitrogens is 1. The summed E-state index contributed by atoms with van der Waals surface area (Å²) in [6.07, 6.45) is 18.5. The van der Waals surface area contributed by atoms with Crippen molar-refractivity contribution in [1.29, 1.82) is 0 Å². The lowest BCUT2D eigenvalue weighted by Crippen LogP contribution is -2.55. The Morgan fingerprint density at radius 1 is 0.925 bits per heavy atom. The van der Waals surface area contributed by atoms with Crippen molar-refractivity contribution in [3.8, 4) is 0 Å². The molecule has 1 rings (SSSR count). The Labute approximate surface area is 243 Å². The monoisotopic (exact) mass is 594 g/mol. The van der Waals surface area contributed by atoms with Crippen molar-refractivity contribution in [1.82, 2.24) is 4.90 Å². The lowest BCUT2D eigenvalue weighted by molar-refractivity contribution is -0.969. The van der Waals surface area contributed by atoms with Crippen LogP contribution in [-0.2, 0) is 23.1 Å². The molecular weight excluding hydrogens is 535 g/mol. The largest absolute Gasteiger partial charge is 0.804 e. The van der Waals surface area contributed by atoms with Gasteiger partial charge in [-0.15, -0.1) is 0 Å². The number of amides is 1. The second-order valence-corrected chi connectivity index (χ2v) is 13.4. The first kappa shape index (κ1) is 37.3. The molecule has 1 fully saturated rings. The zero-order chi connectivity index (χ0) is 29.7. The third kappa shape index (κ3) is 19.4. The molecule has 1 heterocycles. The van der Waals surface area contributed by atoms with Crippen LogP contribution in [0.15, 0.2) is 0 Å². The molecule has 11 heteroatoms. The first-order valence-corrected chi connectivity index (χ1v) is 17.2. The zero-order valence-electron chi connectivity index (χ0n) is 25.9. The first-order chi connectivity index (χ1) is 19.0. The molecule has 10 nitrogen and oxygen atoms in total. The molecule has 0 aromatic carbocycles. The van der Waals surface area contributed by atoms with Crippen molar-refractivity contribution in [2.24, 2.45) is 0 Å². The SMILES string of the molecule is CCCCCCCCCCCCCCCCCCOC(=O)N1CCOC(COP(=O)(O)OCC([O-])[N+](C)(C)C)C1. The van der Waals surface area contributed by atoms with Crippen LogP contribution in [0.2, 0.25) is 0 Å². The highest BCUT2D eigenvalue weighted by Gasteiger charge is 2.30. The highest BCUT2D eigenvalue weighted by atomic mass is 31.2. The van der Waals surface area contributed by atoms with E-state index >= 15 is 0 Å². The van der Waals surface area contributed by atoms with Gasteiger partial charge in [-0.2, -0.15) is 0 Å². The minimum atomic E-state index is -4.40. The standard InChI is InChI=1S/C29H59N2O8P/c1-5-6-7-8-9-10-11-12-13-14-15-16-17-18-19-20-22-37-29(33)30-21-23-36-27(24-30)25-38-40(34,35)39-26-28(32)31(2,3)4/h27-28H,5-26H2,1-4H3,(H,34,35). The van der Waals surface area contributed by atoms with Crippen LogP contribution in [-0.4, -0.2) is 93.4 Å². The van der Waals surface area contributed by atoms with Gasteiger partial charge < -0.3 is 28.9 Å². The maximum absolute atomic E-state index is 12.4. The molecule has 0 radical (unpaired) electrons. The van der Waals surface area contributed by atoms with Crippen molar-refractivity contribution in [3.63, 3.8) is 0 Å². The number of carbonyl (C=O) groups excluding carboxylic acids is 1. The van der Waals surface area contributed by atoms with Crippen LogP contribution in [0, 0.1) is 0 Å². The molecular formula is C29H59N2O8P. The van der Waals surface area contributed by atoms with Gasteiger partial charge in [0.15, 0.2) is 0 Å². The molecule has 0 aromatic heterocycles. The molecule has 3 unspecified atom stereocenters. The number of ether oxygens (including phenoxy) is 2. The predicted octanol–water partition coefficient (Wildman–Crippen LogP) is 5.61. The molecule has 0 aliphatic carbocycles. The summed E-state index contributed by atoms with van der Waals surface area (Å²) in [6, 6.07) is 0. The maximum atomic E-state index is 12.4. The zero-order valence-corrected chi connectivity index (χ0v) is 26.8. The second-order valence-electron chi connectivity index (χ2n) is 12.0. The Hall–Kier alpha value is -0.740. The first-order valence-electron chi connectivity index (χ1n) is 15.7. The summed E-state index contributed by atoms with van der Waals surface area (Å²) >= 11 is 0. The summed E-state index contributed by atoms with van der Waals surface area (Å²) in [5.74, 6) is 0. The van der Waals surface area contributed by atoms with E-state index in [9.17, 15) is 19.4 Å². The summed E-state index contributed by atoms with van der Waals surface area (Å²) in [5.41, 5.74) is 0. The topological polar surface area (TPSA) is 118 Å². The fourth-order valence-electron chi connectivity index (χ4n) is 4.48. The van der Waals surface area contributed by atoms with Crippen LogP contribution < -0.4 is 5.11 Å². The number of likely N-dealkylation sites (N-methyl/N-ethyl adjacent to an activating group) is 1. The van der Waals surface area contributed by atoms with Crippen molar-refractivity contribution < 1.29 is 42.4 Å². The van der Waals surface area contributed by atoms with Crippen LogP contribution in [0.3, 0.4) is 0 Å². The molecule has 40 heavy (non-hydrogen) atoms.